The summed E-state index contributed by atoms with van der Waals surface area (Å²) in [4.78, 5) is 0. The lowest BCUT2D eigenvalue weighted by Gasteiger charge is -2.37. The third kappa shape index (κ3) is 3.42. The normalized spacial score (nSPS) is 23.4. The predicted octanol–water partition coefficient (Wildman–Crippen LogP) is 2.93. The number of nitrogens with one attached hydrogen (secondary N) is 1. The Morgan fingerprint density at radius 1 is 1.27 bits per heavy atom. The van der Waals surface area contributed by atoms with Gasteiger partial charge >= 0.3 is 0 Å². The van der Waals surface area contributed by atoms with Crippen LogP contribution < -0.4 is 4.72 Å². The molecule has 1 atom stereocenters. The van der Waals surface area contributed by atoms with Crippen molar-refractivity contribution in [3.8, 4) is 0 Å². The Hall–Kier alpha value is -0.150. The third-order valence-corrected chi connectivity index (χ3v) is 4.69. The van der Waals surface area contributed by atoms with E-state index in [9.17, 15) is 4.21 Å². The van der Waals surface area contributed by atoms with Gasteiger partial charge in [0.2, 0.25) is 0 Å². The molecule has 0 bridgehead atoms. The average molecular weight is 229 g/mol. The molecule has 0 heterocycles. The van der Waals surface area contributed by atoms with Gasteiger partial charge in [-0.2, -0.15) is 0 Å². The van der Waals surface area contributed by atoms with Gasteiger partial charge in [-0.15, -0.1) is 6.58 Å². The van der Waals surface area contributed by atoms with Crippen molar-refractivity contribution in [2.24, 2.45) is 0 Å². The lowest BCUT2D eigenvalue weighted by molar-refractivity contribution is 0.333. The van der Waals surface area contributed by atoms with E-state index >= 15 is 0 Å². The quantitative estimate of drug-likeness (QED) is 0.741. The highest BCUT2D eigenvalue weighted by molar-refractivity contribution is 7.84. The molecule has 0 saturated heterocycles. The zero-order valence-corrected chi connectivity index (χ0v) is 11.0. The van der Waals surface area contributed by atoms with E-state index in [-0.39, 0.29) is 10.3 Å². The fourth-order valence-electron chi connectivity index (χ4n) is 1.87. The maximum absolute atomic E-state index is 12.0. The summed E-state index contributed by atoms with van der Waals surface area (Å²) in [6, 6.07) is 0. The van der Waals surface area contributed by atoms with Gasteiger partial charge in [0, 0.05) is 5.54 Å². The van der Waals surface area contributed by atoms with Crippen LogP contribution in [0.25, 0.3) is 0 Å². The van der Waals surface area contributed by atoms with Gasteiger partial charge in [0.15, 0.2) is 0 Å². The van der Waals surface area contributed by atoms with E-state index in [1.807, 2.05) is 26.8 Å². The van der Waals surface area contributed by atoms with Gasteiger partial charge < -0.3 is 0 Å². The van der Waals surface area contributed by atoms with Crippen LogP contribution in [0, 0.1) is 0 Å². The fraction of sp³-hybridized carbons (Fsp3) is 0.833. The number of hydrogen-bond acceptors (Lipinski definition) is 1. The third-order valence-electron chi connectivity index (χ3n) is 2.99. The number of hydrogen-bond donors (Lipinski definition) is 1. The summed E-state index contributed by atoms with van der Waals surface area (Å²) in [5, 5.41) is 0. The minimum atomic E-state index is -0.995. The van der Waals surface area contributed by atoms with Gasteiger partial charge in [-0.05, 0) is 33.6 Å². The van der Waals surface area contributed by atoms with Crippen LogP contribution in [-0.4, -0.2) is 14.5 Å². The van der Waals surface area contributed by atoms with E-state index in [4.69, 9.17) is 0 Å². The molecule has 1 fully saturated rings. The van der Waals surface area contributed by atoms with Crippen LogP contribution in [-0.2, 0) is 11.0 Å². The van der Waals surface area contributed by atoms with Crippen LogP contribution in [0.5, 0.6) is 0 Å². The molecule has 0 aromatic rings. The van der Waals surface area contributed by atoms with Crippen LogP contribution in [0.2, 0.25) is 0 Å². The molecule has 1 aliphatic rings. The molecule has 0 spiro atoms. The van der Waals surface area contributed by atoms with E-state index in [1.165, 1.54) is 19.3 Å². The summed E-state index contributed by atoms with van der Waals surface area (Å²) >= 11 is 0. The SMILES string of the molecule is C=CC1(NS(=O)C(C)(C)C)CCCCC1. The van der Waals surface area contributed by atoms with E-state index in [1.54, 1.807) is 0 Å². The van der Waals surface area contributed by atoms with Gasteiger partial charge in [-0.3, -0.25) is 0 Å². The summed E-state index contributed by atoms with van der Waals surface area (Å²) in [6.45, 7) is 9.88. The minimum Gasteiger partial charge on any atom is -0.242 e. The van der Waals surface area contributed by atoms with Crippen LogP contribution in [0.1, 0.15) is 52.9 Å². The van der Waals surface area contributed by atoms with Gasteiger partial charge in [0.25, 0.3) is 0 Å². The first-order valence-corrected chi connectivity index (χ1v) is 6.88. The van der Waals surface area contributed by atoms with Crippen LogP contribution >= 0.6 is 0 Å². The highest BCUT2D eigenvalue weighted by Gasteiger charge is 2.33. The first-order valence-electron chi connectivity index (χ1n) is 5.73. The lowest BCUT2D eigenvalue weighted by atomic mass is 9.83. The summed E-state index contributed by atoms with van der Waals surface area (Å²) in [5.41, 5.74) is -0.0869. The molecule has 0 aromatic heterocycles. The second-order valence-electron chi connectivity index (χ2n) is 5.40. The van der Waals surface area contributed by atoms with Crippen LogP contribution in [0.4, 0.5) is 0 Å². The van der Waals surface area contributed by atoms with Gasteiger partial charge in [-0.1, -0.05) is 25.3 Å². The molecule has 0 amide bonds. The second kappa shape index (κ2) is 4.79. The molecular formula is C12H23NOS. The van der Waals surface area contributed by atoms with Crippen molar-refractivity contribution in [2.75, 3.05) is 0 Å². The zero-order valence-electron chi connectivity index (χ0n) is 10.1. The molecule has 2 nitrogen and oxygen atoms in total. The Bertz CT molecular complexity index is 249. The molecule has 0 aliphatic heterocycles. The highest BCUT2D eigenvalue weighted by Crippen LogP contribution is 2.30. The lowest BCUT2D eigenvalue weighted by Crippen LogP contribution is -2.49. The largest absolute Gasteiger partial charge is 0.242 e. The molecule has 15 heavy (non-hydrogen) atoms. The van der Waals surface area contributed by atoms with Crippen molar-refractivity contribution in [1.29, 1.82) is 0 Å². The summed E-state index contributed by atoms with van der Waals surface area (Å²) < 4.78 is 15.1. The van der Waals surface area contributed by atoms with Crippen molar-refractivity contribution in [1.82, 2.24) is 4.72 Å². The standard InChI is InChI=1S/C12H23NOS/c1-5-12(9-7-6-8-10-12)13-15(14)11(2,3)4/h5,13H,1,6-10H2,2-4H3. The minimum absolute atomic E-state index is 0.0869. The maximum atomic E-state index is 12.0. The van der Waals surface area contributed by atoms with E-state index in [0.717, 1.165) is 12.8 Å². The Labute approximate surface area is 96.1 Å². The molecule has 1 unspecified atom stereocenters. The van der Waals surface area contributed by atoms with Gasteiger partial charge in [0.05, 0.1) is 15.7 Å². The smallest absolute Gasteiger partial charge is 0.0978 e. The highest BCUT2D eigenvalue weighted by atomic mass is 32.2. The van der Waals surface area contributed by atoms with E-state index in [0.29, 0.717) is 0 Å². The van der Waals surface area contributed by atoms with E-state index < -0.39 is 11.0 Å². The van der Waals surface area contributed by atoms with Gasteiger partial charge in [-0.25, -0.2) is 8.93 Å². The molecule has 1 aliphatic carbocycles. The van der Waals surface area contributed by atoms with E-state index in [2.05, 4.69) is 11.3 Å². The fourth-order valence-corrected chi connectivity index (χ4v) is 2.83. The Morgan fingerprint density at radius 2 is 1.80 bits per heavy atom. The Kier molecular flexibility index (Phi) is 4.13. The summed E-state index contributed by atoms with van der Waals surface area (Å²) in [7, 11) is -0.995. The zero-order chi connectivity index (χ0) is 11.5. The summed E-state index contributed by atoms with van der Waals surface area (Å²) in [5.74, 6) is 0. The van der Waals surface area contributed by atoms with Crippen molar-refractivity contribution in [3.05, 3.63) is 12.7 Å². The second-order valence-corrected chi connectivity index (χ2v) is 7.37. The first kappa shape index (κ1) is 12.9. The van der Waals surface area contributed by atoms with Crippen LogP contribution in [0.3, 0.4) is 0 Å². The van der Waals surface area contributed by atoms with Crippen molar-refractivity contribution in [2.45, 2.75) is 63.2 Å². The molecule has 3 heteroatoms. The molecule has 0 aromatic carbocycles. The van der Waals surface area contributed by atoms with Crippen molar-refractivity contribution in [3.63, 3.8) is 0 Å². The molecule has 1 rings (SSSR count). The number of rotatable bonds is 3. The molecule has 0 radical (unpaired) electrons. The first-order chi connectivity index (χ1) is 6.90. The average Bonchev–Trinajstić information content (AvgIpc) is 2.18. The summed E-state index contributed by atoms with van der Waals surface area (Å²) in [6.07, 6.45) is 7.80. The topological polar surface area (TPSA) is 29.1 Å². The molecule has 88 valence electrons. The van der Waals surface area contributed by atoms with Crippen molar-refractivity contribution < 1.29 is 4.21 Å². The Balaban J connectivity index is 2.68. The predicted molar refractivity (Wildman–Crippen MR) is 67.0 cm³/mol. The van der Waals surface area contributed by atoms with Crippen molar-refractivity contribution >= 4 is 11.0 Å². The Morgan fingerprint density at radius 3 is 2.20 bits per heavy atom. The molecule has 1 N–H and O–H groups in total. The van der Waals surface area contributed by atoms with Crippen LogP contribution in [0.15, 0.2) is 12.7 Å². The monoisotopic (exact) mass is 229 g/mol. The molecule has 1 saturated carbocycles. The van der Waals surface area contributed by atoms with Gasteiger partial charge in [0.1, 0.15) is 0 Å². The molecular weight excluding hydrogens is 206 g/mol. The maximum Gasteiger partial charge on any atom is 0.0978 e.